The number of imide groups is 1. The van der Waals surface area contributed by atoms with Gasteiger partial charge in [0.1, 0.15) is 12.6 Å². The lowest BCUT2D eigenvalue weighted by atomic mass is 10.0. The van der Waals surface area contributed by atoms with E-state index >= 15 is 0 Å². The van der Waals surface area contributed by atoms with Gasteiger partial charge in [0.15, 0.2) is 0 Å². The largest absolute Gasteiger partial charge is 0.480 e. The molecule has 3 rings (SSSR count). The molecule has 1 unspecified atom stereocenters. The Morgan fingerprint density at radius 1 is 1.21 bits per heavy atom. The monoisotopic (exact) mass is 422 g/mol. The Bertz CT molecular complexity index is 814. The van der Waals surface area contributed by atoms with Crippen molar-refractivity contribution in [2.75, 3.05) is 32.2 Å². The average Bonchev–Trinajstić information content (AvgIpc) is 3.01. The number of fused-ring (bicyclic) bond motifs is 1. The number of rotatable bonds is 10. The highest BCUT2D eigenvalue weighted by atomic mass is 32.2. The summed E-state index contributed by atoms with van der Waals surface area (Å²) in [7, 11) is 0. The van der Waals surface area contributed by atoms with Gasteiger partial charge in [-0.3, -0.25) is 19.7 Å². The normalized spacial score (nSPS) is 18.7. The third-order valence-electron chi connectivity index (χ3n) is 4.62. The minimum atomic E-state index is -1.01. The van der Waals surface area contributed by atoms with E-state index < -0.39 is 17.9 Å². The molecule has 1 saturated heterocycles. The molecule has 2 N–H and O–H groups in total. The number of hydrogen-bond acceptors (Lipinski definition) is 7. The second kappa shape index (κ2) is 9.86. The van der Waals surface area contributed by atoms with Crippen molar-refractivity contribution in [2.45, 2.75) is 30.3 Å². The Morgan fingerprint density at radius 2 is 2.00 bits per heavy atom. The van der Waals surface area contributed by atoms with Gasteiger partial charge >= 0.3 is 5.97 Å². The number of amides is 3. The van der Waals surface area contributed by atoms with Crippen LogP contribution in [0.5, 0.6) is 0 Å². The first-order valence-corrected chi connectivity index (χ1v) is 10.2. The summed E-state index contributed by atoms with van der Waals surface area (Å²) >= 11 is 1.55. The predicted octanol–water partition coefficient (Wildman–Crippen LogP) is 0.657. The van der Waals surface area contributed by atoms with Gasteiger partial charge in [-0.15, -0.1) is 11.8 Å². The molecule has 0 saturated carbocycles. The highest BCUT2D eigenvalue weighted by Gasteiger charge is 2.39. The molecule has 0 aromatic heterocycles. The molecule has 9 nitrogen and oxygen atoms in total. The summed E-state index contributed by atoms with van der Waals surface area (Å²) in [6.45, 7) is 0.977. The van der Waals surface area contributed by atoms with E-state index in [0.717, 1.165) is 10.5 Å². The van der Waals surface area contributed by atoms with Crippen LogP contribution in [0.2, 0.25) is 0 Å². The van der Waals surface area contributed by atoms with E-state index in [4.69, 9.17) is 14.6 Å². The summed E-state index contributed by atoms with van der Waals surface area (Å²) in [4.78, 5) is 49.1. The number of carbonyl (C=O) groups excluding carboxylic acids is 3. The molecule has 1 aromatic rings. The van der Waals surface area contributed by atoms with Crippen molar-refractivity contribution in [3.63, 3.8) is 0 Å². The molecule has 2 aliphatic heterocycles. The third kappa shape index (κ3) is 5.34. The number of hydrogen-bond donors (Lipinski definition) is 2. The number of ether oxygens (including phenoxy) is 2. The van der Waals surface area contributed by atoms with Gasteiger partial charge in [-0.05, 0) is 24.1 Å². The third-order valence-corrected chi connectivity index (χ3v) is 5.69. The highest BCUT2D eigenvalue weighted by molar-refractivity contribution is 7.99. The van der Waals surface area contributed by atoms with Crippen molar-refractivity contribution in [1.82, 2.24) is 10.2 Å². The zero-order valence-corrected chi connectivity index (χ0v) is 16.5. The second-order valence-electron chi connectivity index (χ2n) is 6.59. The molecular weight excluding hydrogens is 400 g/mol. The van der Waals surface area contributed by atoms with E-state index in [1.165, 1.54) is 4.90 Å². The number of thioether (sulfide) groups is 1. The van der Waals surface area contributed by atoms with E-state index in [2.05, 4.69) is 5.32 Å². The predicted molar refractivity (Wildman–Crippen MR) is 102 cm³/mol. The Kier molecular flexibility index (Phi) is 7.24. The molecule has 3 amide bonds. The van der Waals surface area contributed by atoms with E-state index in [1.807, 2.05) is 12.1 Å². The molecule has 0 spiro atoms. The maximum Gasteiger partial charge on any atom is 0.329 e. The topological polar surface area (TPSA) is 122 Å². The van der Waals surface area contributed by atoms with E-state index in [9.17, 15) is 19.2 Å². The maximum atomic E-state index is 12.8. The highest BCUT2D eigenvalue weighted by Crippen LogP contribution is 2.34. The lowest BCUT2D eigenvalue weighted by Crippen LogP contribution is -2.52. The number of nitrogens with zero attached hydrogens (tertiary/aromatic N) is 1. The van der Waals surface area contributed by atoms with Crippen LogP contribution in [-0.2, 0) is 30.4 Å². The van der Waals surface area contributed by atoms with E-state index in [0.29, 0.717) is 37.5 Å². The Labute approximate surface area is 171 Å². The van der Waals surface area contributed by atoms with Crippen LogP contribution >= 0.6 is 11.8 Å². The van der Waals surface area contributed by atoms with E-state index in [-0.39, 0.29) is 31.4 Å². The molecule has 0 bridgehead atoms. The molecule has 10 heteroatoms. The minimum absolute atomic E-state index is 0.191. The van der Waals surface area contributed by atoms with Crippen LogP contribution < -0.4 is 5.32 Å². The lowest BCUT2D eigenvalue weighted by molar-refractivity contribution is -0.142. The van der Waals surface area contributed by atoms with Gasteiger partial charge in [0, 0.05) is 29.2 Å². The number of piperidine rings is 1. The van der Waals surface area contributed by atoms with E-state index in [1.54, 1.807) is 17.8 Å². The van der Waals surface area contributed by atoms with Gasteiger partial charge in [0.2, 0.25) is 11.8 Å². The number of nitrogens with one attached hydrogen (secondary N) is 1. The van der Waals surface area contributed by atoms with Gasteiger partial charge in [0.05, 0.1) is 19.8 Å². The molecule has 29 heavy (non-hydrogen) atoms. The Hall–Kier alpha value is -2.43. The summed E-state index contributed by atoms with van der Waals surface area (Å²) in [6.07, 6.45) is 0.566. The zero-order valence-electron chi connectivity index (χ0n) is 15.7. The van der Waals surface area contributed by atoms with Gasteiger partial charge in [-0.25, -0.2) is 4.79 Å². The number of carboxylic acids is 1. The fourth-order valence-corrected chi connectivity index (χ4v) is 4.23. The smallest absolute Gasteiger partial charge is 0.329 e. The van der Waals surface area contributed by atoms with Crippen LogP contribution in [-0.4, -0.2) is 71.9 Å². The fraction of sp³-hybridized carbons (Fsp3) is 0.474. The quantitative estimate of drug-likeness (QED) is 0.320. The molecule has 0 radical (unpaired) electrons. The summed E-state index contributed by atoms with van der Waals surface area (Å²) < 4.78 is 10.3. The van der Waals surface area contributed by atoms with Crippen molar-refractivity contribution in [3.05, 3.63) is 29.3 Å². The Balaban J connectivity index is 1.51. The Morgan fingerprint density at radius 3 is 2.76 bits per heavy atom. The summed E-state index contributed by atoms with van der Waals surface area (Å²) in [5, 5.41) is 10.8. The SMILES string of the molecule is O=C(O)COCCOCCSc1cccc2c1CN(C1CCC(=O)NC1=O)C2=O. The van der Waals surface area contributed by atoms with Gasteiger partial charge in [0.25, 0.3) is 5.91 Å². The van der Waals surface area contributed by atoms with Crippen molar-refractivity contribution in [1.29, 1.82) is 0 Å². The lowest BCUT2D eigenvalue weighted by Gasteiger charge is -2.29. The number of carbonyl (C=O) groups is 4. The van der Waals surface area contributed by atoms with Crippen LogP contribution in [0.25, 0.3) is 0 Å². The van der Waals surface area contributed by atoms with Crippen LogP contribution in [0, 0.1) is 0 Å². The summed E-state index contributed by atoms with van der Waals surface area (Å²) in [5.74, 6) is -1.28. The maximum absolute atomic E-state index is 12.8. The van der Waals surface area contributed by atoms with Crippen LogP contribution in [0.4, 0.5) is 0 Å². The summed E-state index contributed by atoms with van der Waals surface area (Å²) in [5.41, 5.74) is 1.47. The number of aliphatic carboxylic acids is 1. The first kappa shape index (κ1) is 21.3. The molecule has 1 fully saturated rings. The van der Waals surface area contributed by atoms with Crippen molar-refractivity contribution >= 4 is 35.5 Å². The fourth-order valence-electron chi connectivity index (χ4n) is 3.28. The molecule has 1 aromatic carbocycles. The summed E-state index contributed by atoms with van der Waals surface area (Å²) in [6, 6.07) is 4.87. The van der Waals surface area contributed by atoms with Gasteiger partial charge < -0.3 is 19.5 Å². The average molecular weight is 422 g/mol. The second-order valence-corrected chi connectivity index (χ2v) is 7.73. The van der Waals surface area contributed by atoms with Crippen LogP contribution in [0.1, 0.15) is 28.8 Å². The van der Waals surface area contributed by atoms with Crippen molar-refractivity contribution < 1.29 is 33.8 Å². The zero-order chi connectivity index (χ0) is 20.8. The molecule has 156 valence electrons. The molecular formula is C19H22N2O7S. The molecule has 0 aliphatic carbocycles. The number of benzene rings is 1. The first-order chi connectivity index (χ1) is 14.0. The number of carboxylic acid groups (broad SMARTS) is 1. The first-order valence-electron chi connectivity index (χ1n) is 9.24. The molecule has 2 aliphatic rings. The van der Waals surface area contributed by atoms with Gasteiger partial charge in [-0.1, -0.05) is 6.07 Å². The van der Waals surface area contributed by atoms with Crippen LogP contribution in [0.3, 0.4) is 0 Å². The van der Waals surface area contributed by atoms with Gasteiger partial charge in [-0.2, -0.15) is 0 Å². The van der Waals surface area contributed by atoms with Crippen molar-refractivity contribution in [2.24, 2.45) is 0 Å². The molecule has 1 atom stereocenters. The van der Waals surface area contributed by atoms with Crippen LogP contribution in [0.15, 0.2) is 23.1 Å². The standard InChI is InChI=1S/C19H22N2O7S/c22-16-5-4-14(18(25)20-16)21-10-13-12(19(21)26)2-1-3-15(13)29-9-8-27-6-7-28-11-17(23)24/h1-3,14H,4-11H2,(H,23,24)(H,20,22,25). The minimum Gasteiger partial charge on any atom is -0.480 e. The van der Waals surface area contributed by atoms with Crippen molar-refractivity contribution in [3.8, 4) is 0 Å². The molecule has 2 heterocycles.